The van der Waals surface area contributed by atoms with E-state index in [9.17, 15) is 5.26 Å². The van der Waals surface area contributed by atoms with Crippen molar-refractivity contribution in [2.24, 2.45) is 0 Å². The van der Waals surface area contributed by atoms with Crippen molar-refractivity contribution < 1.29 is 0 Å². The van der Waals surface area contributed by atoms with Crippen LogP contribution in [0.3, 0.4) is 0 Å². The van der Waals surface area contributed by atoms with Crippen molar-refractivity contribution in [1.82, 2.24) is 4.57 Å². The molecule has 4 heteroatoms. The summed E-state index contributed by atoms with van der Waals surface area (Å²) in [5.74, 6) is 0. The van der Waals surface area contributed by atoms with Gasteiger partial charge in [0.15, 0.2) is 13.8 Å². The lowest BCUT2D eigenvalue weighted by atomic mass is 10.0. The Balaban J connectivity index is 1.44. The Bertz CT molecular complexity index is 2350. The second kappa shape index (κ2) is 12.0. The first-order valence-electron chi connectivity index (χ1n) is 16.0. The van der Waals surface area contributed by atoms with E-state index in [2.05, 4.69) is 161 Å². The fourth-order valence-electron chi connectivity index (χ4n) is 7.40. The molecule has 0 amide bonds. The second-order valence-electron chi connectivity index (χ2n) is 11.9. The van der Waals surface area contributed by atoms with Gasteiger partial charge in [-0.25, -0.2) is 4.85 Å². The number of fused-ring (bicyclic) bond motifs is 3. The first kappa shape index (κ1) is 29.0. The quantitative estimate of drug-likeness (QED) is 0.104. The molecule has 0 unspecified atom stereocenters. The summed E-state index contributed by atoms with van der Waals surface area (Å²) < 4.78 is 2.31. The Labute approximate surface area is 281 Å². The topological polar surface area (TPSA) is 33.1 Å². The lowest BCUT2D eigenvalue weighted by Crippen LogP contribution is -2.75. The van der Waals surface area contributed by atoms with Crippen LogP contribution in [0.2, 0.25) is 0 Å². The molecule has 0 fully saturated rings. The third kappa shape index (κ3) is 4.55. The zero-order chi connectivity index (χ0) is 32.5. The normalized spacial score (nSPS) is 11.3. The van der Waals surface area contributed by atoms with Gasteiger partial charge in [-0.2, -0.15) is 5.26 Å². The first-order chi connectivity index (χ1) is 23.7. The predicted octanol–water partition coefficient (Wildman–Crippen LogP) is 8.25. The van der Waals surface area contributed by atoms with E-state index in [1.807, 2.05) is 24.3 Å². The van der Waals surface area contributed by atoms with Crippen molar-refractivity contribution >= 4 is 56.3 Å². The van der Waals surface area contributed by atoms with Crippen LogP contribution < -0.4 is 20.7 Å². The summed E-state index contributed by atoms with van der Waals surface area (Å²) in [6.07, 6.45) is 0. The maximum atomic E-state index is 10.9. The molecule has 1 heterocycles. The highest BCUT2D eigenvalue weighted by Gasteiger charge is 2.44. The number of hydrogen-bond acceptors (Lipinski definition) is 1. The van der Waals surface area contributed by atoms with Crippen molar-refractivity contribution in [2.75, 3.05) is 0 Å². The molecule has 0 aliphatic carbocycles. The molecular formula is C44H29N3Si. The van der Waals surface area contributed by atoms with Crippen LogP contribution in [0.5, 0.6) is 0 Å². The number of para-hydroxylation sites is 2. The average molecular weight is 628 g/mol. The minimum atomic E-state index is -3.10. The highest BCUT2D eigenvalue weighted by molar-refractivity contribution is 7.20. The van der Waals surface area contributed by atoms with Gasteiger partial charge in [0.1, 0.15) is 0 Å². The molecule has 0 saturated carbocycles. The number of hydrogen-bond donors (Lipinski definition) is 0. The maximum Gasteiger partial charge on any atom is 0.189 e. The minimum absolute atomic E-state index is 0.453. The number of rotatable bonds is 6. The van der Waals surface area contributed by atoms with Crippen LogP contribution in [-0.4, -0.2) is 12.6 Å². The SMILES string of the molecule is [C-]#[N+]c1cc(C#N)c([Si](c2ccccc2)(c2ccccc2)c2ccccc2)c(-c2ccc(-n3c4ccccc4c4ccccc43)cc2)c1. The van der Waals surface area contributed by atoms with Crippen LogP contribution in [-0.2, 0) is 0 Å². The second-order valence-corrected chi connectivity index (χ2v) is 15.6. The van der Waals surface area contributed by atoms with Gasteiger partial charge < -0.3 is 4.57 Å². The van der Waals surface area contributed by atoms with Crippen molar-refractivity contribution in [3.05, 3.63) is 193 Å². The number of aromatic nitrogens is 1. The number of nitrogens with zero attached hydrogens (tertiary/aromatic N) is 3. The monoisotopic (exact) mass is 627 g/mol. The molecule has 0 aliphatic rings. The Morgan fingerprint density at radius 1 is 0.542 bits per heavy atom. The molecule has 0 spiro atoms. The predicted molar refractivity (Wildman–Crippen MR) is 201 cm³/mol. The third-order valence-corrected chi connectivity index (χ3v) is 14.3. The Morgan fingerprint density at radius 3 is 1.46 bits per heavy atom. The van der Waals surface area contributed by atoms with E-state index in [0.29, 0.717) is 11.3 Å². The Kier molecular flexibility index (Phi) is 7.27. The van der Waals surface area contributed by atoms with Crippen LogP contribution >= 0.6 is 0 Å². The van der Waals surface area contributed by atoms with Crippen molar-refractivity contribution in [3.63, 3.8) is 0 Å². The minimum Gasteiger partial charge on any atom is -0.309 e. The largest absolute Gasteiger partial charge is 0.309 e. The van der Waals surface area contributed by atoms with Gasteiger partial charge in [0.05, 0.1) is 23.7 Å². The van der Waals surface area contributed by atoms with Gasteiger partial charge in [-0.1, -0.05) is 140 Å². The summed E-state index contributed by atoms with van der Waals surface area (Å²) >= 11 is 0. The van der Waals surface area contributed by atoms with Crippen LogP contribution in [0.1, 0.15) is 5.56 Å². The summed E-state index contributed by atoms with van der Waals surface area (Å²) in [6, 6.07) is 63.8. The lowest BCUT2D eigenvalue weighted by Gasteiger charge is -2.37. The molecule has 3 nitrogen and oxygen atoms in total. The van der Waals surface area contributed by atoms with E-state index in [4.69, 9.17) is 6.57 Å². The van der Waals surface area contributed by atoms with Gasteiger partial charge in [0, 0.05) is 22.0 Å². The maximum absolute atomic E-state index is 10.9. The molecule has 48 heavy (non-hydrogen) atoms. The molecule has 7 aromatic carbocycles. The molecule has 0 saturated heterocycles. The molecule has 0 N–H and O–H groups in total. The van der Waals surface area contributed by atoms with Crippen molar-refractivity contribution in [2.45, 2.75) is 0 Å². The van der Waals surface area contributed by atoms with Crippen LogP contribution in [0.15, 0.2) is 176 Å². The molecule has 8 aromatic rings. The molecule has 224 valence electrons. The summed E-state index contributed by atoms with van der Waals surface area (Å²) in [4.78, 5) is 3.84. The standard InChI is InChI=1S/C44H29N3Si/c1-46-34-29-33(31-45)44(48(36-15-5-2-6-16-36,37-17-7-3-8-18-37)38-19-9-4-10-20-38)41(30-34)32-25-27-35(28-26-32)47-42-23-13-11-21-39(42)40-22-12-14-24-43(40)47/h2-30H. The van der Waals surface area contributed by atoms with Crippen molar-refractivity contribution in [1.29, 1.82) is 5.26 Å². The summed E-state index contributed by atoms with van der Waals surface area (Å²) in [5.41, 5.74) is 6.22. The van der Waals surface area contributed by atoms with E-state index in [1.54, 1.807) is 6.07 Å². The summed E-state index contributed by atoms with van der Waals surface area (Å²) in [6.45, 7) is 8.00. The van der Waals surface area contributed by atoms with Gasteiger partial charge >= 0.3 is 0 Å². The lowest BCUT2D eigenvalue weighted by molar-refractivity contribution is 1.18. The highest BCUT2D eigenvalue weighted by Crippen LogP contribution is 2.34. The third-order valence-electron chi connectivity index (χ3n) is 9.38. The van der Waals surface area contributed by atoms with E-state index in [-0.39, 0.29) is 0 Å². The van der Waals surface area contributed by atoms with Gasteiger partial charge in [0.25, 0.3) is 0 Å². The molecular weight excluding hydrogens is 599 g/mol. The van der Waals surface area contributed by atoms with Gasteiger partial charge in [-0.3, -0.25) is 0 Å². The summed E-state index contributed by atoms with van der Waals surface area (Å²) in [5, 5.41) is 17.8. The molecule has 0 aliphatic heterocycles. The van der Waals surface area contributed by atoms with E-state index in [1.165, 1.54) is 26.3 Å². The molecule has 0 radical (unpaired) electrons. The zero-order valence-corrected chi connectivity index (χ0v) is 27.1. The average Bonchev–Trinajstić information content (AvgIpc) is 3.51. The first-order valence-corrected chi connectivity index (χ1v) is 18.0. The Morgan fingerprint density at radius 2 is 1.00 bits per heavy atom. The number of benzene rings is 7. The Hall–Kier alpha value is -6.46. The zero-order valence-electron chi connectivity index (χ0n) is 26.1. The number of nitriles is 1. The molecule has 0 bridgehead atoms. The van der Waals surface area contributed by atoms with Gasteiger partial charge in [-0.05, 0) is 68.3 Å². The van der Waals surface area contributed by atoms with Crippen LogP contribution in [0.25, 0.3) is 43.5 Å². The molecule has 1 aromatic heterocycles. The van der Waals surface area contributed by atoms with Crippen molar-refractivity contribution in [3.8, 4) is 22.9 Å². The fraction of sp³-hybridized carbons (Fsp3) is 0. The molecule has 8 rings (SSSR count). The van der Waals surface area contributed by atoms with Crippen LogP contribution in [0, 0.1) is 17.9 Å². The van der Waals surface area contributed by atoms with Gasteiger partial charge in [0.2, 0.25) is 0 Å². The molecule has 0 atom stereocenters. The van der Waals surface area contributed by atoms with E-state index < -0.39 is 8.07 Å². The highest BCUT2D eigenvalue weighted by atomic mass is 28.3. The van der Waals surface area contributed by atoms with E-state index in [0.717, 1.165) is 33.0 Å². The van der Waals surface area contributed by atoms with Gasteiger partial charge in [-0.15, -0.1) is 0 Å². The summed E-state index contributed by atoms with van der Waals surface area (Å²) in [7, 11) is -3.10. The fourth-order valence-corrected chi connectivity index (χ4v) is 12.5. The smallest absolute Gasteiger partial charge is 0.189 e. The van der Waals surface area contributed by atoms with E-state index >= 15 is 0 Å². The van der Waals surface area contributed by atoms with Crippen LogP contribution in [0.4, 0.5) is 5.69 Å².